The number of rotatable bonds is 4. The third-order valence-electron chi connectivity index (χ3n) is 3.43. The first kappa shape index (κ1) is 14.3. The molecule has 0 spiro atoms. The second-order valence-electron chi connectivity index (χ2n) is 4.90. The number of nitrogens with zero attached hydrogens (tertiary/aromatic N) is 2. The Morgan fingerprint density at radius 3 is 2.40 bits per heavy atom. The number of hydrogen-bond donors (Lipinski definition) is 2. The molecule has 3 N–H and O–H groups in total. The highest BCUT2D eigenvalue weighted by atomic mass is 16.2. The Hall–Kier alpha value is -2.08. The van der Waals surface area contributed by atoms with E-state index in [1.807, 2.05) is 16.8 Å². The predicted octanol–water partition coefficient (Wildman–Crippen LogP) is -0.346. The van der Waals surface area contributed by atoms with Crippen LogP contribution < -0.4 is 16.0 Å². The van der Waals surface area contributed by atoms with Crippen molar-refractivity contribution >= 4 is 17.5 Å². The van der Waals surface area contributed by atoms with Gasteiger partial charge in [-0.15, -0.1) is 0 Å². The average Bonchev–Trinajstić information content (AvgIpc) is 2.48. The molecule has 108 valence electrons. The molecule has 2 rings (SSSR count). The van der Waals surface area contributed by atoms with Crippen molar-refractivity contribution in [1.82, 2.24) is 10.2 Å². The van der Waals surface area contributed by atoms with Crippen LogP contribution in [0.3, 0.4) is 0 Å². The molecule has 20 heavy (non-hydrogen) atoms. The van der Waals surface area contributed by atoms with Crippen molar-refractivity contribution in [1.29, 1.82) is 0 Å². The fourth-order valence-electron chi connectivity index (χ4n) is 2.19. The lowest BCUT2D eigenvalue weighted by Crippen LogP contribution is -2.49. The zero-order valence-corrected chi connectivity index (χ0v) is 11.6. The fourth-order valence-corrected chi connectivity index (χ4v) is 2.19. The van der Waals surface area contributed by atoms with E-state index in [0.717, 1.165) is 31.9 Å². The van der Waals surface area contributed by atoms with Gasteiger partial charge in [-0.05, 0) is 24.3 Å². The van der Waals surface area contributed by atoms with E-state index < -0.39 is 5.91 Å². The maximum Gasteiger partial charge on any atom is 0.248 e. The molecule has 1 heterocycles. The van der Waals surface area contributed by atoms with Crippen LogP contribution in [0.5, 0.6) is 0 Å². The molecule has 0 aromatic heterocycles. The maximum absolute atomic E-state index is 12.1. The quantitative estimate of drug-likeness (QED) is 0.788. The predicted molar refractivity (Wildman–Crippen MR) is 77.7 cm³/mol. The molecular weight excluding hydrogens is 256 g/mol. The third-order valence-corrected chi connectivity index (χ3v) is 3.43. The standard InChI is InChI=1S/C14H20N4O2/c1-17(10-13(19)18-8-6-16-7-9-18)12-4-2-11(3-5-12)14(15)20/h2-5,16H,6-10H2,1H3,(H2,15,20). The topological polar surface area (TPSA) is 78.7 Å². The molecule has 0 bridgehead atoms. The van der Waals surface area contributed by atoms with Crippen LogP contribution in [0.15, 0.2) is 24.3 Å². The summed E-state index contributed by atoms with van der Waals surface area (Å²) in [6.07, 6.45) is 0. The molecule has 0 radical (unpaired) electrons. The summed E-state index contributed by atoms with van der Waals surface area (Å²) in [6.45, 7) is 3.54. The number of anilines is 1. The fraction of sp³-hybridized carbons (Fsp3) is 0.429. The minimum Gasteiger partial charge on any atom is -0.366 e. The minimum atomic E-state index is -0.448. The highest BCUT2D eigenvalue weighted by Crippen LogP contribution is 2.13. The van der Waals surface area contributed by atoms with Crippen molar-refractivity contribution in [2.75, 3.05) is 44.7 Å². The molecule has 0 atom stereocenters. The first-order chi connectivity index (χ1) is 9.58. The van der Waals surface area contributed by atoms with E-state index >= 15 is 0 Å². The van der Waals surface area contributed by atoms with Gasteiger partial charge in [0.1, 0.15) is 0 Å². The summed E-state index contributed by atoms with van der Waals surface area (Å²) >= 11 is 0. The normalized spacial score (nSPS) is 14.9. The molecule has 0 unspecified atom stereocenters. The van der Waals surface area contributed by atoms with E-state index in [-0.39, 0.29) is 5.91 Å². The van der Waals surface area contributed by atoms with E-state index in [1.54, 1.807) is 24.3 Å². The zero-order chi connectivity index (χ0) is 14.5. The summed E-state index contributed by atoms with van der Waals surface area (Å²) in [7, 11) is 1.86. The van der Waals surface area contributed by atoms with Gasteiger partial charge in [0, 0.05) is 44.5 Å². The van der Waals surface area contributed by atoms with Crippen molar-refractivity contribution in [3.05, 3.63) is 29.8 Å². The highest BCUT2D eigenvalue weighted by molar-refractivity contribution is 5.93. The number of carbonyl (C=O) groups is 2. The Bertz CT molecular complexity index is 480. The number of benzene rings is 1. The Kier molecular flexibility index (Phi) is 4.57. The molecule has 1 aliphatic rings. The molecule has 2 amide bonds. The zero-order valence-electron chi connectivity index (χ0n) is 11.6. The van der Waals surface area contributed by atoms with E-state index in [0.29, 0.717) is 12.1 Å². The van der Waals surface area contributed by atoms with Crippen molar-refractivity contribution in [2.45, 2.75) is 0 Å². The van der Waals surface area contributed by atoms with E-state index in [9.17, 15) is 9.59 Å². The lowest BCUT2D eigenvalue weighted by atomic mass is 10.2. The van der Waals surface area contributed by atoms with Gasteiger partial charge in [0.05, 0.1) is 6.54 Å². The summed E-state index contributed by atoms with van der Waals surface area (Å²) in [5, 5.41) is 3.22. The van der Waals surface area contributed by atoms with Crippen LogP contribution in [0, 0.1) is 0 Å². The Morgan fingerprint density at radius 1 is 1.25 bits per heavy atom. The number of likely N-dealkylation sites (N-methyl/N-ethyl adjacent to an activating group) is 1. The van der Waals surface area contributed by atoms with Crippen LogP contribution >= 0.6 is 0 Å². The molecule has 1 aliphatic heterocycles. The maximum atomic E-state index is 12.1. The van der Waals surface area contributed by atoms with Crippen LogP contribution in [0.2, 0.25) is 0 Å². The molecule has 6 heteroatoms. The lowest BCUT2D eigenvalue weighted by molar-refractivity contribution is -0.130. The molecule has 1 fully saturated rings. The molecule has 1 aromatic rings. The van der Waals surface area contributed by atoms with Crippen molar-refractivity contribution in [3.8, 4) is 0 Å². The second-order valence-corrected chi connectivity index (χ2v) is 4.90. The number of hydrogen-bond acceptors (Lipinski definition) is 4. The lowest BCUT2D eigenvalue weighted by Gasteiger charge is -2.29. The Morgan fingerprint density at radius 2 is 1.85 bits per heavy atom. The number of piperazine rings is 1. The number of nitrogens with two attached hydrogens (primary N) is 1. The Labute approximate surface area is 118 Å². The van der Waals surface area contributed by atoms with Gasteiger partial charge < -0.3 is 20.9 Å². The second kappa shape index (κ2) is 6.38. The molecular formula is C14H20N4O2. The first-order valence-electron chi connectivity index (χ1n) is 6.67. The summed E-state index contributed by atoms with van der Waals surface area (Å²) < 4.78 is 0. The Balaban J connectivity index is 1.94. The largest absolute Gasteiger partial charge is 0.366 e. The van der Waals surface area contributed by atoms with Crippen LogP contribution in [0.25, 0.3) is 0 Å². The van der Waals surface area contributed by atoms with Crippen molar-refractivity contribution in [3.63, 3.8) is 0 Å². The van der Waals surface area contributed by atoms with Gasteiger partial charge >= 0.3 is 0 Å². The molecule has 0 aliphatic carbocycles. The summed E-state index contributed by atoms with van der Waals surface area (Å²) in [4.78, 5) is 26.9. The summed E-state index contributed by atoms with van der Waals surface area (Å²) in [5.41, 5.74) is 6.55. The van der Waals surface area contributed by atoms with Crippen LogP contribution in [0.1, 0.15) is 10.4 Å². The molecule has 1 saturated heterocycles. The van der Waals surface area contributed by atoms with Gasteiger partial charge in [-0.2, -0.15) is 0 Å². The van der Waals surface area contributed by atoms with Gasteiger partial charge in [-0.3, -0.25) is 9.59 Å². The third kappa shape index (κ3) is 3.48. The molecule has 6 nitrogen and oxygen atoms in total. The van der Waals surface area contributed by atoms with E-state index in [1.165, 1.54) is 0 Å². The number of amides is 2. The van der Waals surface area contributed by atoms with Gasteiger partial charge in [-0.25, -0.2) is 0 Å². The number of nitrogens with one attached hydrogen (secondary N) is 1. The van der Waals surface area contributed by atoms with Crippen molar-refractivity contribution in [2.24, 2.45) is 5.73 Å². The molecule has 1 aromatic carbocycles. The first-order valence-corrected chi connectivity index (χ1v) is 6.67. The van der Waals surface area contributed by atoms with E-state index in [2.05, 4.69) is 5.32 Å². The monoisotopic (exact) mass is 276 g/mol. The number of carbonyl (C=O) groups excluding carboxylic acids is 2. The summed E-state index contributed by atoms with van der Waals surface area (Å²) in [5.74, 6) is -0.330. The van der Waals surface area contributed by atoms with Crippen LogP contribution in [0.4, 0.5) is 5.69 Å². The van der Waals surface area contributed by atoms with Crippen LogP contribution in [-0.2, 0) is 4.79 Å². The minimum absolute atomic E-state index is 0.118. The SMILES string of the molecule is CN(CC(=O)N1CCNCC1)c1ccc(C(N)=O)cc1. The van der Waals surface area contributed by atoms with Gasteiger partial charge in [-0.1, -0.05) is 0 Å². The number of primary amides is 1. The van der Waals surface area contributed by atoms with Crippen LogP contribution in [-0.4, -0.2) is 56.5 Å². The summed E-state index contributed by atoms with van der Waals surface area (Å²) in [6, 6.07) is 6.93. The van der Waals surface area contributed by atoms with Gasteiger partial charge in [0.15, 0.2) is 0 Å². The molecule has 0 saturated carbocycles. The smallest absolute Gasteiger partial charge is 0.248 e. The van der Waals surface area contributed by atoms with Gasteiger partial charge in [0.2, 0.25) is 11.8 Å². The van der Waals surface area contributed by atoms with Crippen molar-refractivity contribution < 1.29 is 9.59 Å². The average molecular weight is 276 g/mol. The van der Waals surface area contributed by atoms with E-state index in [4.69, 9.17) is 5.73 Å². The highest BCUT2D eigenvalue weighted by Gasteiger charge is 2.17. The van der Waals surface area contributed by atoms with Gasteiger partial charge in [0.25, 0.3) is 0 Å².